The number of benzene rings is 1. The number of amides is 1. The van der Waals surface area contributed by atoms with Gasteiger partial charge in [-0.3, -0.25) is 4.90 Å². The lowest BCUT2D eigenvalue weighted by atomic mass is 9.88. The number of piperidine rings is 1. The molecule has 1 amide bonds. The summed E-state index contributed by atoms with van der Waals surface area (Å²) in [5.74, 6) is 0.961. The van der Waals surface area contributed by atoms with Crippen LogP contribution >= 0.6 is 11.3 Å². The first-order valence-electron chi connectivity index (χ1n) is 12.1. The standard InChI is InChI=1S/C26H27N5O5S/c1-26(2,3)36-25(33)31-16-8-17(31)13-30(12-16)24-29-20-10-18(34-21-5-4-15(14-32)11-28-21)9-19(22(20)35-24)23-27-6-7-37-23/h4-7,9-11,16-17,32H,8,12-14H2,1-3H3. The molecule has 3 aliphatic rings. The average molecular weight is 522 g/mol. The van der Waals surface area contributed by atoms with E-state index in [1.807, 2.05) is 43.2 Å². The maximum absolute atomic E-state index is 12.6. The van der Waals surface area contributed by atoms with Crippen molar-refractivity contribution in [2.24, 2.45) is 0 Å². The number of hydrogen-bond donors (Lipinski definition) is 1. The van der Waals surface area contributed by atoms with Crippen molar-refractivity contribution < 1.29 is 23.8 Å². The molecule has 37 heavy (non-hydrogen) atoms. The number of thiazole rings is 1. The zero-order chi connectivity index (χ0) is 25.7. The van der Waals surface area contributed by atoms with Gasteiger partial charge in [0.1, 0.15) is 21.9 Å². The van der Waals surface area contributed by atoms with Crippen molar-refractivity contribution in [2.75, 3.05) is 18.0 Å². The van der Waals surface area contributed by atoms with Crippen LogP contribution < -0.4 is 9.64 Å². The monoisotopic (exact) mass is 521 g/mol. The largest absolute Gasteiger partial charge is 0.444 e. The molecule has 3 saturated heterocycles. The van der Waals surface area contributed by atoms with Gasteiger partial charge in [0.25, 0.3) is 6.01 Å². The van der Waals surface area contributed by atoms with Crippen LogP contribution in [-0.2, 0) is 11.3 Å². The molecule has 0 radical (unpaired) electrons. The predicted molar refractivity (Wildman–Crippen MR) is 138 cm³/mol. The number of oxazole rings is 1. The lowest BCUT2D eigenvalue weighted by Gasteiger charge is -2.55. The molecule has 11 heteroatoms. The molecular formula is C26H27N5O5S. The smallest absolute Gasteiger partial charge is 0.410 e. The van der Waals surface area contributed by atoms with E-state index < -0.39 is 5.60 Å². The highest BCUT2D eigenvalue weighted by molar-refractivity contribution is 7.13. The second-order valence-corrected chi connectivity index (χ2v) is 11.1. The summed E-state index contributed by atoms with van der Waals surface area (Å²) < 4.78 is 17.9. The maximum atomic E-state index is 12.6. The number of fused-ring (bicyclic) bond motifs is 3. The SMILES string of the molecule is CC(C)(C)OC(=O)N1C2CC1CN(c1nc3cc(Oc4ccc(CO)cn4)cc(-c4nccs4)c3o1)C2. The molecule has 0 saturated carbocycles. The van der Waals surface area contributed by atoms with Gasteiger partial charge in [-0.2, -0.15) is 4.98 Å². The summed E-state index contributed by atoms with van der Waals surface area (Å²) in [4.78, 5) is 30.1. The first-order chi connectivity index (χ1) is 17.8. The predicted octanol–water partition coefficient (Wildman–Crippen LogP) is 4.83. The Labute approximate surface area is 217 Å². The van der Waals surface area contributed by atoms with Gasteiger partial charge in [0.05, 0.1) is 24.3 Å². The molecule has 192 valence electrons. The molecule has 2 atom stereocenters. The van der Waals surface area contributed by atoms with E-state index in [2.05, 4.69) is 14.9 Å². The molecule has 10 nitrogen and oxygen atoms in total. The van der Waals surface area contributed by atoms with Crippen LogP contribution in [0, 0.1) is 0 Å². The first-order valence-corrected chi connectivity index (χ1v) is 13.0. The van der Waals surface area contributed by atoms with Gasteiger partial charge in [0.2, 0.25) is 5.88 Å². The number of nitrogens with zero attached hydrogens (tertiary/aromatic N) is 5. The summed E-state index contributed by atoms with van der Waals surface area (Å²) in [6.07, 6.45) is 4.00. The van der Waals surface area contributed by atoms with Crippen LogP contribution in [0.2, 0.25) is 0 Å². The quantitative estimate of drug-likeness (QED) is 0.394. The van der Waals surface area contributed by atoms with E-state index in [0.29, 0.717) is 47.4 Å². The van der Waals surface area contributed by atoms with Crippen molar-refractivity contribution >= 4 is 34.5 Å². The Morgan fingerprint density at radius 1 is 1.22 bits per heavy atom. The highest BCUT2D eigenvalue weighted by atomic mass is 32.1. The molecule has 0 aliphatic carbocycles. The van der Waals surface area contributed by atoms with Gasteiger partial charge >= 0.3 is 6.09 Å². The van der Waals surface area contributed by atoms with Crippen molar-refractivity contribution in [2.45, 2.75) is 51.5 Å². The number of carbonyl (C=O) groups excluding carboxylic acids is 1. The molecule has 4 aromatic rings. The summed E-state index contributed by atoms with van der Waals surface area (Å²) in [5.41, 5.74) is 2.24. The molecular weight excluding hydrogens is 494 g/mol. The van der Waals surface area contributed by atoms with Gasteiger partial charge < -0.3 is 23.9 Å². The minimum atomic E-state index is -0.524. The second kappa shape index (κ2) is 9.00. The van der Waals surface area contributed by atoms with Crippen LogP contribution in [0.5, 0.6) is 11.6 Å². The van der Waals surface area contributed by atoms with Gasteiger partial charge in [-0.25, -0.2) is 14.8 Å². The minimum absolute atomic E-state index is 0.0638. The fourth-order valence-electron chi connectivity index (χ4n) is 4.77. The molecule has 1 N–H and O–H groups in total. The number of aromatic nitrogens is 3. The molecule has 3 fully saturated rings. The van der Waals surface area contributed by atoms with Crippen molar-refractivity contribution in [1.29, 1.82) is 0 Å². The third kappa shape index (κ3) is 4.60. The van der Waals surface area contributed by atoms with Crippen molar-refractivity contribution in [3.8, 4) is 22.2 Å². The van der Waals surface area contributed by atoms with E-state index in [-0.39, 0.29) is 24.8 Å². The summed E-state index contributed by atoms with van der Waals surface area (Å²) in [7, 11) is 0. The van der Waals surface area contributed by atoms with Crippen molar-refractivity contribution in [3.05, 3.63) is 47.6 Å². The molecule has 0 spiro atoms. The number of aliphatic hydroxyl groups excluding tert-OH is 1. The highest BCUT2D eigenvalue weighted by Crippen LogP contribution is 2.40. The van der Waals surface area contributed by atoms with E-state index >= 15 is 0 Å². The number of aliphatic hydroxyl groups is 1. The second-order valence-electron chi connectivity index (χ2n) is 10.3. The number of rotatable bonds is 5. The third-order valence-electron chi connectivity index (χ3n) is 6.39. The van der Waals surface area contributed by atoms with Crippen LogP contribution in [0.15, 0.2) is 46.5 Å². The number of pyridine rings is 1. The van der Waals surface area contributed by atoms with Crippen molar-refractivity contribution in [3.63, 3.8) is 0 Å². The Morgan fingerprint density at radius 3 is 2.68 bits per heavy atom. The summed E-state index contributed by atoms with van der Waals surface area (Å²) >= 11 is 1.50. The van der Waals surface area contributed by atoms with Crippen LogP contribution in [0.4, 0.5) is 10.8 Å². The van der Waals surface area contributed by atoms with Gasteiger partial charge in [-0.1, -0.05) is 0 Å². The molecule has 6 heterocycles. The molecule has 2 unspecified atom stereocenters. The fourth-order valence-corrected chi connectivity index (χ4v) is 5.42. The Kier molecular flexibility index (Phi) is 5.76. The summed E-state index contributed by atoms with van der Waals surface area (Å²) in [6, 6.07) is 7.80. The Morgan fingerprint density at radius 2 is 2.03 bits per heavy atom. The molecule has 1 aromatic carbocycles. The number of anilines is 1. The molecule has 3 aliphatic heterocycles. The summed E-state index contributed by atoms with van der Waals surface area (Å²) in [6.45, 7) is 6.80. The van der Waals surface area contributed by atoms with E-state index in [9.17, 15) is 9.90 Å². The minimum Gasteiger partial charge on any atom is -0.444 e. The van der Waals surface area contributed by atoms with Crippen LogP contribution in [-0.4, -0.2) is 61.8 Å². The van der Waals surface area contributed by atoms with Gasteiger partial charge in [0, 0.05) is 43.0 Å². The molecule has 3 aromatic heterocycles. The average Bonchev–Trinajstić information content (AvgIpc) is 3.53. The van der Waals surface area contributed by atoms with E-state index in [4.69, 9.17) is 18.9 Å². The van der Waals surface area contributed by atoms with Gasteiger partial charge in [-0.15, -0.1) is 11.3 Å². The van der Waals surface area contributed by atoms with E-state index in [1.165, 1.54) is 11.3 Å². The van der Waals surface area contributed by atoms with Crippen LogP contribution in [0.25, 0.3) is 21.7 Å². The van der Waals surface area contributed by atoms with Crippen LogP contribution in [0.1, 0.15) is 32.8 Å². The number of carbonyl (C=O) groups is 1. The first kappa shape index (κ1) is 23.7. The van der Waals surface area contributed by atoms with E-state index in [0.717, 1.165) is 17.0 Å². The highest BCUT2D eigenvalue weighted by Gasteiger charge is 2.49. The lowest BCUT2D eigenvalue weighted by molar-refractivity contribution is -0.0386. The number of hydrogen-bond acceptors (Lipinski definition) is 10. The number of piperazine rings is 1. The van der Waals surface area contributed by atoms with Crippen molar-refractivity contribution in [1.82, 2.24) is 19.9 Å². The summed E-state index contributed by atoms with van der Waals surface area (Å²) in [5, 5.41) is 12.0. The molecule has 2 bridgehead atoms. The number of ether oxygens (including phenoxy) is 2. The fraction of sp³-hybridized carbons (Fsp3) is 0.385. The topological polar surface area (TPSA) is 114 Å². The zero-order valence-electron chi connectivity index (χ0n) is 20.7. The third-order valence-corrected chi connectivity index (χ3v) is 7.19. The van der Waals surface area contributed by atoms with E-state index in [1.54, 1.807) is 24.5 Å². The Balaban J connectivity index is 1.28. The van der Waals surface area contributed by atoms with Crippen LogP contribution in [0.3, 0.4) is 0 Å². The lowest BCUT2D eigenvalue weighted by Crippen LogP contribution is -2.70. The maximum Gasteiger partial charge on any atom is 0.410 e. The zero-order valence-corrected chi connectivity index (χ0v) is 21.6. The normalized spacial score (nSPS) is 19.1. The molecule has 7 rings (SSSR count). The Bertz CT molecular complexity index is 1420. The van der Waals surface area contributed by atoms with Gasteiger partial charge in [0.15, 0.2) is 5.58 Å². The Hall–Kier alpha value is -3.70. The van der Waals surface area contributed by atoms with Gasteiger partial charge in [-0.05, 0) is 44.9 Å².